The minimum Gasteiger partial charge on any atom is -0.382 e. The van der Waals surface area contributed by atoms with Crippen molar-refractivity contribution in [2.24, 2.45) is 5.92 Å². The quantitative estimate of drug-likeness (QED) is 0.697. The van der Waals surface area contributed by atoms with Crippen LogP contribution < -0.4 is 5.32 Å². The van der Waals surface area contributed by atoms with Gasteiger partial charge in [-0.05, 0) is 32.6 Å². The summed E-state index contributed by atoms with van der Waals surface area (Å²) >= 11 is 0. The van der Waals surface area contributed by atoms with E-state index < -0.39 is 5.54 Å². The highest BCUT2D eigenvalue weighted by atomic mass is 16.5. The number of rotatable bonds is 8. The average Bonchev–Trinajstić information content (AvgIpc) is 2.47. The first-order valence-corrected chi connectivity index (χ1v) is 8.12. The molecule has 1 heterocycles. The highest BCUT2D eigenvalue weighted by Crippen LogP contribution is 2.26. The molecule has 21 heavy (non-hydrogen) atoms. The van der Waals surface area contributed by atoms with Crippen LogP contribution in [-0.4, -0.2) is 48.1 Å². The summed E-state index contributed by atoms with van der Waals surface area (Å²) in [6, 6.07) is -0.358. The van der Waals surface area contributed by atoms with Gasteiger partial charge in [-0.2, -0.15) is 0 Å². The molecule has 1 aliphatic heterocycles. The number of hydrogen-bond donors (Lipinski definition) is 1. The lowest BCUT2D eigenvalue weighted by atomic mass is 9.87. The number of nitrogens with one attached hydrogen (secondary N) is 1. The van der Waals surface area contributed by atoms with E-state index in [1.165, 1.54) is 0 Å². The molecule has 0 aliphatic carbocycles. The Bertz CT molecular complexity index is 373. The van der Waals surface area contributed by atoms with Gasteiger partial charge in [-0.1, -0.05) is 27.2 Å². The maximum absolute atomic E-state index is 12.8. The second kappa shape index (κ2) is 7.78. The van der Waals surface area contributed by atoms with E-state index in [0.717, 1.165) is 12.8 Å². The SMILES string of the molecule is CCOCCCN1C(=O)C(C)(CC)NC(=O)C1C(C)CC. The molecule has 1 saturated heterocycles. The maximum Gasteiger partial charge on any atom is 0.248 e. The first kappa shape index (κ1) is 18.0. The van der Waals surface area contributed by atoms with Gasteiger partial charge in [-0.15, -0.1) is 0 Å². The molecule has 2 amide bonds. The van der Waals surface area contributed by atoms with Crippen molar-refractivity contribution < 1.29 is 14.3 Å². The summed E-state index contributed by atoms with van der Waals surface area (Å²) in [5, 5.41) is 2.93. The van der Waals surface area contributed by atoms with Crippen LogP contribution in [0.15, 0.2) is 0 Å². The van der Waals surface area contributed by atoms with Crippen molar-refractivity contribution in [3.63, 3.8) is 0 Å². The lowest BCUT2D eigenvalue weighted by Crippen LogP contribution is -2.70. The number of ether oxygens (including phenoxy) is 1. The van der Waals surface area contributed by atoms with Gasteiger partial charge in [0.15, 0.2) is 0 Å². The van der Waals surface area contributed by atoms with Crippen molar-refractivity contribution in [1.29, 1.82) is 0 Å². The second-order valence-electron chi connectivity index (χ2n) is 6.05. The third-order valence-electron chi connectivity index (χ3n) is 4.52. The van der Waals surface area contributed by atoms with Gasteiger partial charge in [0.2, 0.25) is 11.8 Å². The molecule has 5 nitrogen and oxygen atoms in total. The van der Waals surface area contributed by atoms with E-state index in [-0.39, 0.29) is 23.8 Å². The van der Waals surface area contributed by atoms with Crippen molar-refractivity contribution >= 4 is 11.8 Å². The Morgan fingerprint density at radius 2 is 2.00 bits per heavy atom. The van der Waals surface area contributed by atoms with E-state index >= 15 is 0 Å². The Hall–Kier alpha value is -1.10. The van der Waals surface area contributed by atoms with Crippen molar-refractivity contribution in [2.75, 3.05) is 19.8 Å². The maximum atomic E-state index is 12.8. The van der Waals surface area contributed by atoms with Crippen LogP contribution in [0.5, 0.6) is 0 Å². The Morgan fingerprint density at radius 3 is 2.52 bits per heavy atom. The molecule has 0 bridgehead atoms. The molecule has 1 N–H and O–H groups in total. The van der Waals surface area contributed by atoms with Crippen LogP contribution >= 0.6 is 0 Å². The first-order valence-electron chi connectivity index (χ1n) is 8.12. The summed E-state index contributed by atoms with van der Waals surface area (Å²) < 4.78 is 5.35. The van der Waals surface area contributed by atoms with Gasteiger partial charge < -0.3 is 15.0 Å². The molecule has 1 fully saturated rings. The predicted molar refractivity (Wildman–Crippen MR) is 82.9 cm³/mol. The molecule has 0 saturated carbocycles. The van der Waals surface area contributed by atoms with Crippen molar-refractivity contribution in [3.05, 3.63) is 0 Å². The number of hydrogen-bond acceptors (Lipinski definition) is 3. The molecule has 1 aliphatic rings. The third-order valence-corrected chi connectivity index (χ3v) is 4.52. The minimum absolute atomic E-state index is 0.0234. The normalized spacial score (nSPS) is 27.7. The molecule has 0 spiro atoms. The molecule has 3 atom stereocenters. The summed E-state index contributed by atoms with van der Waals surface area (Å²) in [6.45, 7) is 11.7. The number of amides is 2. The zero-order chi connectivity index (χ0) is 16.0. The van der Waals surface area contributed by atoms with Gasteiger partial charge in [0.1, 0.15) is 11.6 Å². The Kier molecular flexibility index (Phi) is 6.65. The van der Waals surface area contributed by atoms with E-state index in [2.05, 4.69) is 12.2 Å². The monoisotopic (exact) mass is 298 g/mol. The van der Waals surface area contributed by atoms with Gasteiger partial charge >= 0.3 is 0 Å². The van der Waals surface area contributed by atoms with Gasteiger partial charge in [0.25, 0.3) is 0 Å². The van der Waals surface area contributed by atoms with Crippen LogP contribution in [-0.2, 0) is 14.3 Å². The summed E-state index contributed by atoms with van der Waals surface area (Å²) in [7, 11) is 0. The molecule has 3 unspecified atom stereocenters. The van der Waals surface area contributed by atoms with Gasteiger partial charge in [0.05, 0.1) is 0 Å². The molecular weight excluding hydrogens is 268 g/mol. The molecule has 0 radical (unpaired) electrons. The third kappa shape index (κ3) is 3.96. The number of carbonyl (C=O) groups is 2. The van der Waals surface area contributed by atoms with E-state index in [9.17, 15) is 9.59 Å². The van der Waals surface area contributed by atoms with E-state index in [4.69, 9.17) is 4.74 Å². The molecule has 0 aromatic heterocycles. The topological polar surface area (TPSA) is 58.6 Å². The zero-order valence-electron chi connectivity index (χ0n) is 14.1. The van der Waals surface area contributed by atoms with Crippen LogP contribution in [0.3, 0.4) is 0 Å². The molecule has 0 aromatic carbocycles. The van der Waals surface area contributed by atoms with Crippen LogP contribution in [0, 0.1) is 5.92 Å². The largest absolute Gasteiger partial charge is 0.382 e. The van der Waals surface area contributed by atoms with Crippen LogP contribution in [0.4, 0.5) is 0 Å². The smallest absolute Gasteiger partial charge is 0.248 e. The fourth-order valence-electron chi connectivity index (χ4n) is 2.73. The highest BCUT2D eigenvalue weighted by Gasteiger charge is 2.47. The van der Waals surface area contributed by atoms with Crippen molar-refractivity contribution in [2.45, 2.75) is 65.5 Å². The molecule has 122 valence electrons. The number of nitrogens with zero attached hydrogens (tertiary/aromatic N) is 1. The number of carbonyl (C=O) groups excluding carboxylic acids is 2. The summed E-state index contributed by atoms with van der Waals surface area (Å²) in [5.74, 6) is 0.165. The summed E-state index contributed by atoms with van der Waals surface area (Å²) in [4.78, 5) is 27.0. The average molecular weight is 298 g/mol. The molecule has 5 heteroatoms. The predicted octanol–water partition coefficient (Wildman–Crippen LogP) is 1.95. The van der Waals surface area contributed by atoms with E-state index in [1.807, 2.05) is 27.7 Å². The lowest BCUT2D eigenvalue weighted by Gasteiger charge is -2.46. The summed E-state index contributed by atoms with van der Waals surface area (Å²) in [5.41, 5.74) is -0.771. The van der Waals surface area contributed by atoms with Crippen LogP contribution in [0.25, 0.3) is 0 Å². The van der Waals surface area contributed by atoms with Crippen molar-refractivity contribution in [1.82, 2.24) is 10.2 Å². The van der Waals surface area contributed by atoms with Crippen LogP contribution in [0.2, 0.25) is 0 Å². The zero-order valence-corrected chi connectivity index (χ0v) is 14.1. The Balaban J connectivity index is 2.90. The van der Waals surface area contributed by atoms with Gasteiger partial charge in [-0.25, -0.2) is 0 Å². The fraction of sp³-hybridized carbons (Fsp3) is 0.875. The fourth-order valence-corrected chi connectivity index (χ4v) is 2.73. The standard InChI is InChI=1S/C16H30N2O3/c1-6-12(4)13-14(19)17-16(5,7-2)15(20)18(13)10-9-11-21-8-3/h12-13H,6-11H2,1-5H3,(H,17,19). The number of piperazine rings is 1. The van der Waals surface area contributed by atoms with Crippen molar-refractivity contribution in [3.8, 4) is 0 Å². The van der Waals surface area contributed by atoms with Crippen LogP contribution in [0.1, 0.15) is 53.9 Å². The Morgan fingerprint density at radius 1 is 1.33 bits per heavy atom. The molecule has 0 aromatic rings. The minimum atomic E-state index is -0.771. The first-order chi connectivity index (χ1) is 9.91. The molecular formula is C16H30N2O3. The second-order valence-corrected chi connectivity index (χ2v) is 6.05. The van der Waals surface area contributed by atoms with E-state index in [1.54, 1.807) is 4.90 Å². The summed E-state index contributed by atoms with van der Waals surface area (Å²) in [6.07, 6.45) is 2.24. The lowest BCUT2D eigenvalue weighted by molar-refractivity contribution is -0.156. The molecule has 1 rings (SSSR count). The Labute approximate surface area is 128 Å². The van der Waals surface area contributed by atoms with Gasteiger partial charge in [0, 0.05) is 19.8 Å². The highest BCUT2D eigenvalue weighted by molar-refractivity contribution is 5.99. The van der Waals surface area contributed by atoms with E-state index in [0.29, 0.717) is 26.2 Å². The van der Waals surface area contributed by atoms with Gasteiger partial charge in [-0.3, -0.25) is 9.59 Å².